The maximum atomic E-state index is 11.3. The van der Waals surface area contributed by atoms with Gasteiger partial charge < -0.3 is 9.84 Å². The van der Waals surface area contributed by atoms with Crippen molar-refractivity contribution in [3.8, 4) is 0 Å². The molecule has 2 N–H and O–H groups in total. The Morgan fingerprint density at radius 1 is 1.47 bits per heavy atom. The third-order valence-corrected chi connectivity index (χ3v) is 3.82. The molecule has 1 aromatic rings. The number of aryl methyl sites for hydroxylation is 1. The SMILES string of the molecule is Cc1ccc(S(=O)(=O)O)c([C@]2(CCO)CO2)c1. The van der Waals surface area contributed by atoms with E-state index in [0.29, 0.717) is 18.6 Å². The van der Waals surface area contributed by atoms with Gasteiger partial charge in [0, 0.05) is 18.6 Å². The number of benzene rings is 1. The molecular weight excluding hydrogens is 244 g/mol. The van der Waals surface area contributed by atoms with Crippen LogP contribution in [0, 0.1) is 6.92 Å². The summed E-state index contributed by atoms with van der Waals surface area (Å²) in [4.78, 5) is -0.144. The first kappa shape index (κ1) is 12.5. The van der Waals surface area contributed by atoms with Crippen molar-refractivity contribution in [2.24, 2.45) is 0 Å². The van der Waals surface area contributed by atoms with Crippen molar-refractivity contribution in [1.82, 2.24) is 0 Å². The van der Waals surface area contributed by atoms with Crippen LogP contribution in [0.25, 0.3) is 0 Å². The molecule has 5 nitrogen and oxygen atoms in total. The van der Waals surface area contributed by atoms with Gasteiger partial charge >= 0.3 is 0 Å². The van der Waals surface area contributed by atoms with E-state index in [1.807, 2.05) is 6.92 Å². The van der Waals surface area contributed by atoms with Gasteiger partial charge in [0.2, 0.25) is 0 Å². The lowest BCUT2D eigenvalue weighted by Crippen LogP contribution is -2.16. The molecule has 0 bridgehead atoms. The molecule has 17 heavy (non-hydrogen) atoms. The number of aliphatic hydroxyl groups excluding tert-OH is 1. The van der Waals surface area contributed by atoms with Crippen LogP contribution >= 0.6 is 0 Å². The Morgan fingerprint density at radius 2 is 2.12 bits per heavy atom. The summed E-state index contributed by atoms with van der Waals surface area (Å²) in [5, 5.41) is 8.97. The topological polar surface area (TPSA) is 87.1 Å². The molecule has 1 aromatic carbocycles. The molecule has 0 unspecified atom stereocenters. The van der Waals surface area contributed by atoms with E-state index < -0.39 is 15.7 Å². The minimum atomic E-state index is -4.27. The van der Waals surface area contributed by atoms with E-state index in [4.69, 9.17) is 9.84 Å². The summed E-state index contributed by atoms with van der Waals surface area (Å²) >= 11 is 0. The number of rotatable bonds is 4. The van der Waals surface area contributed by atoms with Crippen molar-refractivity contribution < 1.29 is 22.8 Å². The van der Waals surface area contributed by atoms with Gasteiger partial charge in [0.1, 0.15) is 10.5 Å². The fourth-order valence-corrected chi connectivity index (χ4v) is 2.69. The Hall–Kier alpha value is -0.950. The molecule has 0 amide bonds. The molecule has 0 aromatic heterocycles. The number of hydrogen-bond acceptors (Lipinski definition) is 4. The molecule has 2 rings (SSSR count). The van der Waals surface area contributed by atoms with Crippen LogP contribution in [-0.2, 0) is 20.5 Å². The highest BCUT2D eigenvalue weighted by Gasteiger charge is 2.48. The van der Waals surface area contributed by atoms with Crippen LogP contribution in [0.15, 0.2) is 23.1 Å². The smallest absolute Gasteiger partial charge is 0.294 e. The summed E-state index contributed by atoms with van der Waals surface area (Å²) in [6.45, 7) is 2.09. The first-order valence-corrected chi connectivity index (χ1v) is 6.66. The van der Waals surface area contributed by atoms with Crippen molar-refractivity contribution in [2.75, 3.05) is 13.2 Å². The molecule has 1 fully saturated rings. The summed E-state index contributed by atoms with van der Waals surface area (Å²) in [7, 11) is -4.27. The number of aliphatic hydroxyl groups is 1. The van der Waals surface area contributed by atoms with Crippen LogP contribution in [0.5, 0.6) is 0 Å². The minimum absolute atomic E-state index is 0.0984. The van der Waals surface area contributed by atoms with Crippen molar-refractivity contribution in [3.63, 3.8) is 0 Å². The predicted octanol–water partition coefficient (Wildman–Crippen LogP) is 0.850. The van der Waals surface area contributed by atoms with E-state index in [2.05, 4.69) is 0 Å². The maximum Gasteiger partial charge on any atom is 0.294 e. The van der Waals surface area contributed by atoms with E-state index in [0.717, 1.165) is 5.56 Å². The molecule has 0 aliphatic carbocycles. The van der Waals surface area contributed by atoms with Gasteiger partial charge in [-0.15, -0.1) is 0 Å². The van der Waals surface area contributed by atoms with Crippen LogP contribution in [-0.4, -0.2) is 31.3 Å². The first-order chi connectivity index (χ1) is 7.89. The van der Waals surface area contributed by atoms with Gasteiger partial charge in [-0.25, -0.2) is 0 Å². The molecule has 1 saturated heterocycles. The molecule has 1 aliphatic rings. The van der Waals surface area contributed by atoms with E-state index in [-0.39, 0.29) is 11.5 Å². The van der Waals surface area contributed by atoms with Crippen molar-refractivity contribution in [1.29, 1.82) is 0 Å². The largest absolute Gasteiger partial charge is 0.396 e. The normalized spacial score (nSPS) is 23.7. The van der Waals surface area contributed by atoms with E-state index in [1.54, 1.807) is 12.1 Å². The van der Waals surface area contributed by atoms with Crippen molar-refractivity contribution >= 4 is 10.1 Å². The third-order valence-electron chi connectivity index (χ3n) is 2.91. The number of epoxide rings is 1. The average Bonchev–Trinajstić information content (AvgIpc) is 2.97. The second-order valence-corrected chi connectivity index (χ2v) is 5.62. The van der Waals surface area contributed by atoms with E-state index in [1.165, 1.54) is 6.07 Å². The van der Waals surface area contributed by atoms with Crippen LogP contribution in [0.2, 0.25) is 0 Å². The third kappa shape index (κ3) is 2.35. The summed E-state index contributed by atoms with van der Waals surface area (Å²) in [5.74, 6) is 0. The van der Waals surface area contributed by atoms with Gasteiger partial charge in [-0.3, -0.25) is 4.55 Å². The Morgan fingerprint density at radius 3 is 2.59 bits per heavy atom. The molecular formula is C11H14O5S. The fraction of sp³-hybridized carbons (Fsp3) is 0.455. The van der Waals surface area contributed by atoms with Gasteiger partial charge in [-0.1, -0.05) is 17.7 Å². The Kier molecular flexibility index (Phi) is 2.99. The fourth-order valence-electron chi connectivity index (χ4n) is 1.93. The number of ether oxygens (including phenoxy) is 1. The van der Waals surface area contributed by atoms with Gasteiger partial charge in [0.05, 0.1) is 6.61 Å². The molecule has 94 valence electrons. The van der Waals surface area contributed by atoms with Gasteiger partial charge in [-0.05, 0) is 13.0 Å². The van der Waals surface area contributed by atoms with E-state index >= 15 is 0 Å². The quantitative estimate of drug-likeness (QED) is 0.617. The van der Waals surface area contributed by atoms with Gasteiger partial charge in [0.15, 0.2) is 0 Å². The second-order valence-electron chi connectivity index (χ2n) is 4.23. The summed E-state index contributed by atoms with van der Waals surface area (Å²) in [6, 6.07) is 4.65. The first-order valence-electron chi connectivity index (χ1n) is 5.22. The number of hydrogen-bond donors (Lipinski definition) is 2. The molecule has 1 aliphatic heterocycles. The van der Waals surface area contributed by atoms with Crippen molar-refractivity contribution in [2.45, 2.75) is 23.8 Å². The summed E-state index contributed by atoms with van der Waals surface area (Å²) in [6.07, 6.45) is 0.318. The zero-order valence-electron chi connectivity index (χ0n) is 9.38. The minimum Gasteiger partial charge on any atom is -0.396 e. The lowest BCUT2D eigenvalue weighted by molar-refractivity contribution is 0.212. The van der Waals surface area contributed by atoms with Crippen molar-refractivity contribution in [3.05, 3.63) is 29.3 Å². The van der Waals surface area contributed by atoms with Crippen LogP contribution in [0.1, 0.15) is 17.5 Å². The van der Waals surface area contributed by atoms with Gasteiger partial charge in [-0.2, -0.15) is 8.42 Å². The summed E-state index contributed by atoms with van der Waals surface area (Å²) < 4.78 is 37.0. The molecule has 0 saturated carbocycles. The average molecular weight is 258 g/mol. The maximum absolute atomic E-state index is 11.3. The standard InChI is InChI=1S/C11H14O5S/c1-8-2-3-10(17(13,14)15)9(6-8)11(4-5-12)7-16-11/h2-3,6,12H,4-5,7H2,1H3,(H,13,14,15)/t11-/m0/s1. The Balaban J connectivity index is 2.56. The lowest BCUT2D eigenvalue weighted by atomic mass is 9.95. The Labute approximate surface area is 99.8 Å². The molecule has 1 heterocycles. The van der Waals surface area contributed by atoms with Crippen LogP contribution in [0.4, 0.5) is 0 Å². The Bertz CT molecular complexity index is 531. The molecule has 0 radical (unpaired) electrons. The highest BCUT2D eigenvalue weighted by atomic mass is 32.2. The molecule has 1 atom stereocenters. The summed E-state index contributed by atoms with van der Waals surface area (Å²) in [5.41, 5.74) is 0.542. The van der Waals surface area contributed by atoms with Gasteiger partial charge in [0.25, 0.3) is 10.1 Å². The zero-order chi connectivity index (χ0) is 12.7. The zero-order valence-corrected chi connectivity index (χ0v) is 10.2. The molecule has 0 spiro atoms. The highest BCUT2D eigenvalue weighted by Crippen LogP contribution is 2.44. The second kappa shape index (κ2) is 4.06. The van der Waals surface area contributed by atoms with Crippen LogP contribution in [0.3, 0.4) is 0 Å². The van der Waals surface area contributed by atoms with Crippen LogP contribution < -0.4 is 0 Å². The monoisotopic (exact) mass is 258 g/mol. The van der Waals surface area contributed by atoms with E-state index in [9.17, 15) is 13.0 Å². The molecule has 6 heteroatoms. The predicted molar refractivity (Wildman–Crippen MR) is 60.3 cm³/mol. The lowest BCUT2D eigenvalue weighted by Gasteiger charge is -2.15. The highest BCUT2D eigenvalue weighted by molar-refractivity contribution is 7.85.